The van der Waals surface area contributed by atoms with Crippen LogP contribution in [0.5, 0.6) is 0 Å². The third-order valence-corrected chi connectivity index (χ3v) is 4.76. The monoisotopic (exact) mass is 402 g/mol. The largest absolute Gasteiger partial charge is 0.431 e. The van der Waals surface area contributed by atoms with E-state index in [1.165, 1.54) is 77.6 Å². The fourth-order valence-electron chi connectivity index (χ4n) is 3.14. The molecule has 0 aromatic heterocycles. The summed E-state index contributed by atoms with van der Waals surface area (Å²) in [5.74, 6) is -1.93. The Bertz CT molecular complexity index is 344. The van der Waals surface area contributed by atoms with Gasteiger partial charge in [-0.25, -0.2) is 0 Å². The standard InChI is InChI=1S/C23H46O5/c1-4-6-7-8-9-10-11-12-13-14-15-16-17-18-22(24)28-23(3,25)21-27-20-19-26-5-2/h25H,4-21H2,1-3H3. The number of carbonyl (C=O) groups excluding carboxylic acids is 1. The minimum Gasteiger partial charge on any atom is -0.431 e. The predicted octanol–water partition coefficient (Wildman–Crippen LogP) is 5.77. The molecule has 1 unspecified atom stereocenters. The van der Waals surface area contributed by atoms with Crippen molar-refractivity contribution in [3.05, 3.63) is 0 Å². The minimum absolute atomic E-state index is 0.0373. The molecule has 0 aromatic rings. The highest BCUT2D eigenvalue weighted by molar-refractivity contribution is 5.69. The summed E-state index contributed by atoms with van der Waals surface area (Å²) in [6.45, 7) is 7.07. The molecule has 0 saturated heterocycles. The molecule has 0 fully saturated rings. The van der Waals surface area contributed by atoms with Gasteiger partial charge in [0.1, 0.15) is 6.61 Å². The maximum absolute atomic E-state index is 11.8. The number of aliphatic hydroxyl groups is 1. The zero-order chi connectivity index (χ0) is 20.9. The van der Waals surface area contributed by atoms with Gasteiger partial charge < -0.3 is 19.3 Å². The van der Waals surface area contributed by atoms with Gasteiger partial charge in [-0.05, 0) is 13.3 Å². The quantitative estimate of drug-likeness (QED) is 0.150. The highest BCUT2D eigenvalue weighted by Crippen LogP contribution is 2.14. The molecule has 0 aliphatic rings. The first-order valence-corrected chi connectivity index (χ1v) is 11.6. The van der Waals surface area contributed by atoms with Gasteiger partial charge in [-0.1, -0.05) is 84.0 Å². The highest BCUT2D eigenvalue weighted by atomic mass is 16.7. The molecular weight excluding hydrogens is 356 g/mol. The first kappa shape index (κ1) is 27.4. The lowest BCUT2D eigenvalue weighted by Gasteiger charge is -2.23. The van der Waals surface area contributed by atoms with Crippen LogP contribution in [0.15, 0.2) is 0 Å². The van der Waals surface area contributed by atoms with Crippen LogP contribution in [-0.2, 0) is 19.0 Å². The van der Waals surface area contributed by atoms with Crippen molar-refractivity contribution < 1.29 is 24.1 Å². The van der Waals surface area contributed by atoms with Crippen molar-refractivity contribution in [3.8, 4) is 0 Å². The highest BCUT2D eigenvalue weighted by Gasteiger charge is 2.25. The number of hydrogen-bond donors (Lipinski definition) is 1. The molecule has 0 heterocycles. The van der Waals surface area contributed by atoms with Crippen LogP contribution in [0.3, 0.4) is 0 Å². The van der Waals surface area contributed by atoms with E-state index >= 15 is 0 Å². The Morgan fingerprint density at radius 1 is 0.750 bits per heavy atom. The Balaban J connectivity index is 3.42. The van der Waals surface area contributed by atoms with Gasteiger partial charge in [-0.3, -0.25) is 4.79 Å². The van der Waals surface area contributed by atoms with E-state index in [9.17, 15) is 9.90 Å². The topological polar surface area (TPSA) is 65.0 Å². The minimum atomic E-state index is -1.57. The van der Waals surface area contributed by atoms with Gasteiger partial charge in [0, 0.05) is 20.0 Å². The average molecular weight is 403 g/mol. The number of unbranched alkanes of at least 4 members (excludes halogenated alkanes) is 12. The van der Waals surface area contributed by atoms with Gasteiger partial charge in [-0.15, -0.1) is 0 Å². The Labute approximate surface area is 173 Å². The van der Waals surface area contributed by atoms with Crippen LogP contribution in [0.2, 0.25) is 0 Å². The first-order valence-electron chi connectivity index (χ1n) is 11.6. The van der Waals surface area contributed by atoms with E-state index in [0.29, 0.717) is 26.2 Å². The third kappa shape index (κ3) is 20.1. The van der Waals surface area contributed by atoms with Crippen molar-refractivity contribution in [2.45, 2.75) is 116 Å². The van der Waals surface area contributed by atoms with Crippen molar-refractivity contribution in [2.24, 2.45) is 0 Å². The van der Waals surface area contributed by atoms with Gasteiger partial charge in [0.25, 0.3) is 0 Å². The zero-order valence-corrected chi connectivity index (χ0v) is 18.8. The van der Waals surface area contributed by atoms with Crippen molar-refractivity contribution in [1.82, 2.24) is 0 Å². The molecule has 28 heavy (non-hydrogen) atoms. The number of esters is 1. The van der Waals surface area contributed by atoms with Crippen molar-refractivity contribution in [2.75, 3.05) is 26.4 Å². The normalized spacial score (nSPS) is 13.4. The predicted molar refractivity (Wildman–Crippen MR) is 114 cm³/mol. The lowest BCUT2D eigenvalue weighted by Crippen LogP contribution is -2.37. The van der Waals surface area contributed by atoms with Crippen molar-refractivity contribution in [1.29, 1.82) is 0 Å². The molecular formula is C23H46O5. The lowest BCUT2D eigenvalue weighted by atomic mass is 10.0. The molecule has 5 heteroatoms. The molecule has 0 aliphatic heterocycles. The fraction of sp³-hybridized carbons (Fsp3) is 0.957. The van der Waals surface area contributed by atoms with Crippen LogP contribution < -0.4 is 0 Å². The summed E-state index contributed by atoms with van der Waals surface area (Å²) in [5, 5.41) is 10.0. The summed E-state index contributed by atoms with van der Waals surface area (Å²) in [7, 11) is 0. The second-order valence-corrected chi connectivity index (χ2v) is 7.89. The van der Waals surface area contributed by atoms with Crippen LogP contribution in [0.25, 0.3) is 0 Å². The maximum atomic E-state index is 11.8. The molecule has 5 nitrogen and oxygen atoms in total. The Kier molecular flexibility index (Phi) is 19.2. The Morgan fingerprint density at radius 3 is 1.71 bits per heavy atom. The number of carbonyl (C=O) groups is 1. The SMILES string of the molecule is CCCCCCCCCCCCCCCC(=O)OC(C)(O)COCCOCC. The molecule has 0 spiro atoms. The van der Waals surface area contributed by atoms with E-state index < -0.39 is 5.79 Å². The second kappa shape index (κ2) is 19.7. The summed E-state index contributed by atoms with van der Waals surface area (Å²) in [5.41, 5.74) is 0. The lowest BCUT2D eigenvalue weighted by molar-refractivity contribution is -0.221. The Morgan fingerprint density at radius 2 is 1.21 bits per heavy atom. The average Bonchev–Trinajstić information content (AvgIpc) is 2.65. The first-order chi connectivity index (χ1) is 13.5. The van der Waals surface area contributed by atoms with Gasteiger partial charge >= 0.3 is 5.97 Å². The summed E-state index contributed by atoms with van der Waals surface area (Å²) < 4.78 is 15.5. The van der Waals surface area contributed by atoms with Crippen molar-refractivity contribution >= 4 is 5.97 Å². The van der Waals surface area contributed by atoms with E-state index in [2.05, 4.69) is 6.92 Å². The molecule has 1 N–H and O–H groups in total. The number of ether oxygens (including phenoxy) is 3. The molecule has 0 bridgehead atoms. The molecule has 0 aliphatic carbocycles. The maximum Gasteiger partial charge on any atom is 0.308 e. The van der Waals surface area contributed by atoms with Crippen LogP contribution in [0.4, 0.5) is 0 Å². The van der Waals surface area contributed by atoms with Crippen LogP contribution in [-0.4, -0.2) is 43.3 Å². The van der Waals surface area contributed by atoms with Gasteiger partial charge in [0.05, 0.1) is 13.2 Å². The van der Waals surface area contributed by atoms with E-state index in [4.69, 9.17) is 14.2 Å². The molecule has 1 atom stereocenters. The number of hydrogen-bond acceptors (Lipinski definition) is 5. The summed E-state index contributed by atoms with van der Waals surface area (Å²) >= 11 is 0. The van der Waals surface area contributed by atoms with E-state index in [0.717, 1.165) is 12.8 Å². The summed E-state index contributed by atoms with van der Waals surface area (Å²) in [6, 6.07) is 0. The molecule has 0 radical (unpaired) electrons. The fourth-order valence-corrected chi connectivity index (χ4v) is 3.14. The van der Waals surface area contributed by atoms with Crippen LogP contribution in [0, 0.1) is 0 Å². The van der Waals surface area contributed by atoms with E-state index in [1.54, 1.807) is 0 Å². The smallest absolute Gasteiger partial charge is 0.308 e. The van der Waals surface area contributed by atoms with Gasteiger partial charge in [0.15, 0.2) is 0 Å². The Hall–Kier alpha value is -0.650. The second-order valence-electron chi connectivity index (χ2n) is 7.89. The summed E-state index contributed by atoms with van der Waals surface area (Å²) in [6.07, 6.45) is 16.9. The third-order valence-electron chi connectivity index (χ3n) is 4.76. The van der Waals surface area contributed by atoms with E-state index in [-0.39, 0.29) is 12.6 Å². The van der Waals surface area contributed by atoms with Crippen molar-refractivity contribution in [3.63, 3.8) is 0 Å². The molecule has 168 valence electrons. The number of rotatable bonds is 21. The molecule has 0 saturated carbocycles. The molecule has 0 amide bonds. The van der Waals surface area contributed by atoms with Crippen LogP contribution >= 0.6 is 0 Å². The zero-order valence-electron chi connectivity index (χ0n) is 18.8. The van der Waals surface area contributed by atoms with E-state index in [1.807, 2.05) is 6.92 Å². The molecule has 0 aromatic carbocycles. The summed E-state index contributed by atoms with van der Waals surface area (Å²) in [4.78, 5) is 11.8. The van der Waals surface area contributed by atoms with Gasteiger partial charge in [-0.2, -0.15) is 0 Å². The molecule has 0 rings (SSSR count). The van der Waals surface area contributed by atoms with Gasteiger partial charge in [0.2, 0.25) is 5.79 Å². The van der Waals surface area contributed by atoms with Crippen LogP contribution in [0.1, 0.15) is 111 Å².